The number of Topliss-reactive ketones (excluding diaryl/α,β-unsaturated/α-hetero) is 2. The Bertz CT molecular complexity index is 804. The molecule has 0 amide bonds. The second-order valence-corrected chi connectivity index (χ2v) is 8.44. The monoisotopic (exact) mass is 465 g/mol. The molecule has 1 heterocycles. The summed E-state index contributed by atoms with van der Waals surface area (Å²) in [5.41, 5.74) is 4.24. The number of hydrogen-bond donors (Lipinski definition) is 2. The molecular weight excluding hydrogens is 450 g/mol. The lowest BCUT2D eigenvalue weighted by Gasteiger charge is -2.37. The Morgan fingerprint density at radius 2 is 1.36 bits per heavy atom. The van der Waals surface area contributed by atoms with Gasteiger partial charge in [-0.1, -0.05) is 0 Å². The first-order valence-electron chi connectivity index (χ1n) is 8.44. The molecule has 0 saturated heterocycles. The van der Waals surface area contributed by atoms with E-state index in [0.29, 0.717) is 21.8 Å². The number of phenols is 1. The molecule has 1 aromatic carbocycles. The number of allylic oxidation sites excluding steroid dienone is 4. The molecule has 4 nitrogen and oxygen atoms in total. The van der Waals surface area contributed by atoms with Crippen LogP contribution < -0.4 is 5.32 Å². The van der Waals surface area contributed by atoms with Crippen molar-refractivity contribution in [3.63, 3.8) is 0 Å². The highest BCUT2D eigenvalue weighted by Crippen LogP contribution is 2.47. The van der Waals surface area contributed by atoms with Crippen LogP contribution >= 0.6 is 31.9 Å². The van der Waals surface area contributed by atoms with Crippen LogP contribution in [0, 0.1) is 0 Å². The fourth-order valence-electron chi connectivity index (χ4n) is 4.07. The number of halogens is 2. The number of carbonyl (C=O) groups excluding carboxylic acids is 2. The molecule has 25 heavy (non-hydrogen) atoms. The molecule has 0 spiro atoms. The Morgan fingerprint density at radius 1 is 0.880 bits per heavy atom. The lowest BCUT2D eigenvalue weighted by molar-refractivity contribution is -0.116. The third-order valence-electron chi connectivity index (χ3n) is 5.16. The molecule has 0 unspecified atom stereocenters. The van der Waals surface area contributed by atoms with Crippen LogP contribution in [0.15, 0.2) is 43.6 Å². The molecule has 130 valence electrons. The molecule has 3 aliphatic rings. The summed E-state index contributed by atoms with van der Waals surface area (Å²) in [6.45, 7) is 0. The van der Waals surface area contributed by atoms with E-state index in [1.54, 1.807) is 0 Å². The molecule has 0 fully saturated rings. The van der Waals surface area contributed by atoms with Gasteiger partial charge in [-0.25, -0.2) is 0 Å². The third kappa shape index (κ3) is 2.79. The second kappa shape index (κ2) is 6.40. The van der Waals surface area contributed by atoms with Crippen molar-refractivity contribution >= 4 is 43.4 Å². The SMILES string of the molecule is O=C1CCCC2=C1C(c1cc(Br)c(O)c(Br)c1)C1=C(CCCC1=O)N2. The van der Waals surface area contributed by atoms with Gasteiger partial charge >= 0.3 is 0 Å². The van der Waals surface area contributed by atoms with Crippen LogP contribution in [-0.4, -0.2) is 16.7 Å². The van der Waals surface area contributed by atoms with Gasteiger partial charge in [0, 0.05) is 41.3 Å². The number of nitrogens with one attached hydrogen (secondary N) is 1. The number of ketones is 2. The van der Waals surface area contributed by atoms with Gasteiger partial charge in [0.25, 0.3) is 0 Å². The highest BCUT2D eigenvalue weighted by Gasteiger charge is 2.40. The molecular formula is C19H17Br2NO3. The van der Waals surface area contributed by atoms with Crippen LogP contribution in [0.3, 0.4) is 0 Å². The normalized spacial score (nSPS) is 21.2. The highest BCUT2D eigenvalue weighted by molar-refractivity contribution is 9.11. The Hall–Kier alpha value is -1.40. The van der Waals surface area contributed by atoms with Crippen molar-refractivity contribution in [2.24, 2.45) is 0 Å². The maximum atomic E-state index is 12.7. The summed E-state index contributed by atoms with van der Waals surface area (Å²) in [7, 11) is 0. The summed E-state index contributed by atoms with van der Waals surface area (Å²) < 4.78 is 1.09. The Kier molecular flexibility index (Phi) is 4.36. The molecule has 0 aromatic heterocycles. The van der Waals surface area contributed by atoms with E-state index in [1.807, 2.05) is 12.1 Å². The van der Waals surface area contributed by atoms with E-state index in [0.717, 1.165) is 53.8 Å². The minimum absolute atomic E-state index is 0.115. The topological polar surface area (TPSA) is 66.4 Å². The Labute approximate surface area is 162 Å². The van der Waals surface area contributed by atoms with Gasteiger partial charge in [0.2, 0.25) is 0 Å². The molecule has 0 atom stereocenters. The quantitative estimate of drug-likeness (QED) is 0.633. The molecule has 1 aliphatic heterocycles. The van der Waals surface area contributed by atoms with Crippen molar-refractivity contribution in [2.45, 2.75) is 44.4 Å². The van der Waals surface area contributed by atoms with Crippen LogP contribution in [0.1, 0.15) is 50.0 Å². The summed E-state index contributed by atoms with van der Waals surface area (Å²) in [6, 6.07) is 3.63. The van der Waals surface area contributed by atoms with E-state index in [2.05, 4.69) is 37.2 Å². The molecule has 1 aromatic rings. The van der Waals surface area contributed by atoms with Crippen molar-refractivity contribution in [3.05, 3.63) is 49.2 Å². The van der Waals surface area contributed by atoms with Gasteiger partial charge in [0.05, 0.1) is 8.95 Å². The molecule has 0 saturated carbocycles. The van der Waals surface area contributed by atoms with Crippen molar-refractivity contribution < 1.29 is 14.7 Å². The average Bonchev–Trinajstić information content (AvgIpc) is 2.58. The van der Waals surface area contributed by atoms with Gasteiger partial charge in [-0.2, -0.15) is 0 Å². The van der Waals surface area contributed by atoms with Crippen LogP contribution in [0.4, 0.5) is 0 Å². The molecule has 2 aliphatic carbocycles. The van der Waals surface area contributed by atoms with Crippen LogP contribution in [0.5, 0.6) is 5.75 Å². The average molecular weight is 467 g/mol. The summed E-state index contributed by atoms with van der Waals surface area (Å²) in [5, 5.41) is 13.4. The lowest BCUT2D eigenvalue weighted by atomic mass is 9.71. The predicted octanol–water partition coefficient (Wildman–Crippen LogP) is 4.62. The predicted molar refractivity (Wildman–Crippen MR) is 101 cm³/mol. The summed E-state index contributed by atoms with van der Waals surface area (Å²) in [4.78, 5) is 25.5. The van der Waals surface area contributed by atoms with E-state index in [-0.39, 0.29) is 23.2 Å². The van der Waals surface area contributed by atoms with E-state index in [9.17, 15) is 14.7 Å². The number of benzene rings is 1. The van der Waals surface area contributed by atoms with E-state index < -0.39 is 0 Å². The van der Waals surface area contributed by atoms with Gasteiger partial charge in [0.1, 0.15) is 5.75 Å². The summed E-state index contributed by atoms with van der Waals surface area (Å²) in [5.74, 6) is -0.000862. The largest absolute Gasteiger partial charge is 0.506 e. The highest BCUT2D eigenvalue weighted by atomic mass is 79.9. The smallest absolute Gasteiger partial charge is 0.161 e. The first-order valence-corrected chi connectivity index (χ1v) is 10.0. The van der Waals surface area contributed by atoms with Crippen molar-refractivity contribution in [2.75, 3.05) is 0 Å². The second-order valence-electron chi connectivity index (χ2n) is 6.73. The lowest BCUT2D eigenvalue weighted by Crippen LogP contribution is -2.36. The zero-order valence-electron chi connectivity index (χ0n) is 13.5. The molecule has 0 radical (unpaired) electrons. The Balaban J connectivity index is 1.94. The van der Waals surface area contributed by atoms with E-state index >= 15 is 0 Å². The summed E-state index contributed by atoms with van der Waals surface area (Å²) >= 11 is 6.74. The minimum atomic E-state index is -0.347. The zero-order valence-corrected chi connectivity index (χ0v) is 16.7. The molecule has 2 N–H and O–H groups in total. The molecule has 0 bridgehead atoms. The first kappa shape index (κ1) is 17.0. The minimum Gasteiger partial charge on any atom is -0.506 e. The molecule has 4 rings (SSSR count). The van der Waals surface area contributed by atoms with E-state index in [4.69, 9.17) is 0 Å². The fraction of sp³-hybridized carbons (Fsp3) is 0.368. The maximum absolute atomic E-state index is 12.7. The maximum Gasteiger partial charge on any atom is 0.161 e. The van der Waals surface area contributed by atoms with Gasteiger partial charge in [-0.05, 0) is 75.2 Å². The number of aromatic hydroxyl groups is 1. The van der Waals surface area contributed by atoms with Crippen molar-refractivity contribution in [1.29, 1.82) is 0 Å². The van der Waals surface area contributed by atoms with E-state index in [1.165, 1.54) is 0 Å². The van der Waals surface area contributed by atoms with Gasteiger partial charge in [-0.15, -0.1) is 0 Å². The zero-order chi connectivity index (χ0) is 17.7. The first-order chi connectivity index (χ1) is 12.0. The summed E-state index contributed by atoms with van der Waals surface area (Å²) in [6.07, 6.45) is 4.40. The molecule has 6 heteroatoms. The van der Waals surface area contributed by atoms with Gasteiger partial charge < -0.3 is 10.4 Å². The number of phenolic OH excluding ortho intramolecular Hbond substituents is 1. The Morgan fingerprint density at radius 3 is 1.84 bits per heavy atom. The van der Waals surface area contributed by atoms with Crippen molar-refractivity contribution in [3.8, 4) is 5.75 Å². The fourth-order valence-corrected chi connectivity index (χ4v) is 5.29. The van der Waals surface area contributed by atoms with Crippen molar-refractivity contribution in [1.82, 2.24) is 5.32 Å². The number of carbonyl (C=O) groups is 2. The number of hydrogen-bond acceptors (Lipinski definition) is 4. The standard InChI is InChI=1S/C19H17Br2NO3/c20-10-7-9(8-11(21)19(10)25)16-17-12(3-1-5-14(17)23)22-13-4-2-6-15(24)18(13)16/h7-8,16,22,25H,1-6H2. The number of dihydropyridines is 1. The van der Waals surface area contributed by atoms with Gasteiger partial charge in [-0.3, -0.25) is 9.59 Å². The van der Waals surface area contributed by atoms with Crippen LogP contribution in [0.25, 0.3) is 0 Å². The third-order valence-corrected chi connectivity index (χ3v) is 6.37. The van der Waals surface area contributed by atoms with Crippen LogP contribution in [-0.2, 0) is 9.59 Å². The number of rotatable bonds is 1. The van der Waals surface area contributed by atoms with Gasteiger partial charge in [0.15, 0.2) is 11.6 Å². The van der Waals surface area contributed by atoms with Crippen LogP contribution in [0.2, 0.25) is 0 Å².